The fraction of sp³-hybridized carbons (Fsp3) is 0.600. The van der Waals surface area contributed by atoms with E-state index >= 15 is 0 Å². The molecule has 9 nitrogen and oxygen atoms in total. The van der Waals surface area contributed by atoms with Gasteiger partial charge >= 0.3 is 12.1 Å². The standard InChI is InChI=1S/C25H37N3O6/c1-15(2)20(27-24(32)34-25(4,5)6)23(31)28(18-13-16(18)3)21(17-11-9-8-10-12-17)22(30)26-14-19(29)33-7/h8-12,15-16,18,20-21H,13-14H2,1-7H3,(H,26,30)(H,27,32). The highest BCUT2D eigenvalue weighted by Gasteiger charge is 2.48. The molecule has 0 heterocycles. The van der Waals surface area contributed by atoms with Gasteiger partial charge in [-0.3, -0.25) is 14.4 Å². The first-order chi connectivity index (χ1) is 15.9. The van der Waals surface area contributed by atoms with Gasteiger partial charge < -0.3 is 25.0 Å². The minimum atomic E-state index is -0.977. The van der Waals surface area contributed by atoms with Gasteiger partial charge in [0.1, 0.15) is 24.2 Å². The topological polar surface area (TPSA) is 114 Å². The van der Waals surface area contributed by atoms with Crippen LogP contribution in [-0.4, -0.2) is 60.1 Å². The van der Waals surface area contributed by atoms with E-state index in [2.05, 4.69) is 15.4 Å². The molecule has 1 aromatic rings. The van der Waals surface area contributed by atoms with Crippen LogP contribution in [0.4, 0.5) is 4.79 Å². The highest BCUT2D eigenvalue weighted by molar-refractivity contribution is 5.93. The lowest BCUT2D eigenvalue weighted by molar-refractivity contribution is -0.146. The van der Waals surface area contributed by atoms with Gasteiger partial charge in [-0.1, -0.05) is 51.1 Å². The van der Waals surface area contributed by atoms with Crippen molar-refractivity contribution >= 4 is 23.9 Å². The van der Waals surface area contributed by atoms with Crippen molar-refractivity contribution in [1.29, 1.82) is 0 Å². The molecule has 0 saturated heterocycles. The fourth-order valence-electron chi connectivity index (χ4n) is 3.68. The van der Waals surface area contributed by atoms with Crippen molar-refractivity contribution in [3.05, 3.63) is 35.9 Å². The Kier molecular flexibility index (Phi) is 9.06. The Morgan fingerprint density at radius 2 is 1.71 bits per heavy atom. The fourth-order valence-corrected chi connectivity index (χ4v) is 3.68. The van der Waals surface area contributed by atoms with E-state index in [0.717, 1.165) is 6.42 Å². The molecule has 1 aliphatic carbocycles. The third-order valence-electron chi connectivity index (χ3n) is 5.56. The summed E-state index contributed by atoms with van der Waals surface area (Å²) in [6, 6.07) is 6.87. The Balaban J connectivity index is 2.41. The van der Waals surface area contributed by atoms with Crippen LogP contribution in [0.1, 0.15) is 59.6 Å². The Hall–Kier alpha value is -3.10. The maximum Gasteiger partial charge on any atom is 0.408 e. The molecule has 2 rings (SSSR count). The minimum Gasteiger partial charge on any atom is -0.468 e. The van der Waals surface area contributed by atoms with Gasteiger partial charge in [0, 0.05) is 6.04 Å². The third kappa shape index (κ3) is 7.46. The zero-order valence-electron chi connectivity index (χ0n) is 21.1. The van der Waals surface area contributed by atoms with E-state index in [9.17, 15) is 19.2 Å². The first-order valence-corrected chi connectivity index (χ1v) is 11.6. The number of hydrogen-bond acceptors (Lipinski definition) is 6. The molecule has 9 heteroatoms. The second kappa shape index (κ2) is 11.4. The van der Waals surface area contributed by atoms with E-state index in [1.165, 1.54) is 7.11 Å². The molecule has 2 N–H and O–H groups in total. The third-order valence-corrected chi connectivity index (χ3v) is 5.56. The van der Waals surface area contributed by atoms with Crippen molar-refractivity contribution in [3.63, 3.8) is 0 Å². The molecule has 188 valence electrons. The number of hydrogen-bond donors (Lipinski definition) is 2. The number of carbonyl (C=O) groups excluding carboxylic acids is 4. The van der Waals surface area contributed by atoms with Gasteiger partial charge in [-0.05, 0) is 44.6 Å². The number of carbonyl (C=O) groups is 4. The van der Waals surface area contributed by atoms with Crippen molar-refractivity contribution in [2.45, 2.75) is 71.7 Å². The maximum atomic E-state index is 13.9. The lowest BCUT2D eigenvalue weighted by atomic mass is 9.98. The average Bonchev–Trinajstić information content (AvgIpc) is 3.48. The molecule has 0 spiro atoms. The van der Waals surface area contributed by atoms with Crippen LogP contribution in [0.5, 0.6) is 0 Å². The van der Waals surface area contributed by atoms with Crippen LogP contribution in [0.3, 0.4) is 0 Å². The Morgan fingerprint density at radius 1 is 1.12 bits per heavy atom. The minimum absolute atomic E-state index is 0.178. The smallest absolute Gasteiger partial charge is 0.408 e. The number of rotatable bonds is 9. The number of ether oxygens (including phenoxy) is 2. The van der Waals surface area contributed by atoms with Crippen LogP contribution in [-0.2, 0) is 23.9 Å². The Bertz CT molecular complexity index is 880. The van der Waals surface area contributed by atoms with Crippen LogP contribution in [0.25, 0.3) is 0 Å². The predicted molar refractivity (Wildman–Crippen MR) is 127 cm³/mol. The van der Waals surface area contributed by atoms with Gasteiger partial charge in [-0.25, -0.2) is 4.79 Å². The van der Waals surface area contributed by atoms with Crippen LogP contribution < -0.4 is 10.6 Å². The molecule has 1 aliphatic rings. The van der Waals surface area contributed by atoms with E-state index in [0.29, 0.717) is 5.56 Å². The van der Waals surface area contributed by atoms with Gasteiger partial charge in [-0.15, -0.1) is 0 Å². The lowest BCUT2D eigenvalue weighted by Gasteiger charge is -2.36. The van der Waals surface area contributed by atoms with Crippen molar-refractivity contribution in [1.82, 2.24) is 15.5 Å². The van der Waals surface area contributed by atoms with Gasteiger partial charge in [0.2, 0.25) is 11.8 Å². The monoisotopic (exact) mass is 475 g/mol. The zero-order chi connectivity index (χ0) is 25.6. The van der Waals surface area contributed by atoms with E-state index in [1.54, 1.807) is 49.9 Å². The van der Waals surface area contributed by atoms with E-state index in [1.807, 2.05) is 26.8 Å². The molecule has 1 fully saturated rings. The molecule has 3 amide bonds. The second-order valence-corrected chi connectivity index (χ2v) is 10.0. The number of nitrogens with zero attached hydrogens (tertiary/aromatic N) is 1. The second-order valence-electron chi connectivity index (χ2n) is 10.0. The molecule has 0 aliphatic heterocycles. The highest BCUT2D eigenvalue weighted by Crippen LogP contribution is 2.41. The Morgan fingerprint density at radius 3 is 2.18 bits per heavy atom. The van der Waals surface area contributed by atoms with Crippen molar-refractivity contribution in [2.75, 3.05) is 13.7 Å². The predicted octanol–water partition coefficient (Wildman–Crippen LogP) is 2.80. The van der Waals surface area contributed by atoms with Crippen LogP contribution in [0.2, 0.25) is 0 Å². The lowest BCUT2D eigenvalue weighted by Crippen LogP contribution is -2.56. The zero-order valence-corrected chi connectivity index (χ0v) is 21.1. The summed E-state index contributed by atoms with van der Waals surface area (Å²) < 4.78 is 9.99. The number of benzene rings is 1. The van der Waals surface area contributed by atoms with Gasteiger partial charge in [0.15, 0.2) is 0 Å². The summed E-state index contributed by atoms with van der Waals surface area (Å²) in [4.78, 5) is 52.9. The summed E-state index contributed by atoms with van der Waals surface area (Å²) in [5.41, 5.74) is -0.114. The van der Waals surface area contributed by atoms with Crippen LogP contribution in [0, 0.1) is 11.8 Å². The van der Waals surface area contributed by atoms with Crippen molar-refractivity contribution in [2.24, 2.45) is 11.8 Å². The molecular weight excluding hydrogens is 438 g/mol. The van der Waals surface area contributed by atoms with Crippen molar-refractivity contribution < 1.29 is 28.7 Å². The number of esters is 1. The summed E-state index contributed by atoms with van der Waals surface area (Å²) in [7, 11) is 1.24. The summed E-state index contributed by atoms with van der Waals surface area (Å²) >= 11 is 0. The first-order valence-electron chi connectivity index (χ1n) is 11.6. The molecule has 4 atom stereocenters. The SMILES string of the molecule is COC(=O)CNC(=O)C(c1ccccc1)N(C(=O)C(NC(=O)OC(C)(C)C)C(C)C)C1CC1C. The summed E-state index contributed by atoms with van der Waals surface area (Å²) in [5, 5.41) is 5.28. The molecule has 1 aromatic carbocycles. The summed E-state index contributed by atoms with van der Waals surface area (Å²) in [5.74, 6) is -1.53. The Labute approximate surface area is 201 Å². The van der Waals surface area contributed by atoms with Crippen LogP contribution >= 0.6 is 0 Å². The maximum absolute atomic E-state index is 13.9. The number of methoxy groups -OCH3 is 1. The average molecular weight is 476 g/mol. The molecular formula is C25H37N3O6. The number of alkyl carbamates (subject to hydrolysis) is 1. The largest absolute Gasteiger partial charge is 0.468 e. The van der Waals surface area contributed by atoms with E-state index in [4.69, 9.17) is 4.74 Å². The van der Waals surface area contributed by atoms with E-state index < -0.39 is 35.7 Å². The number of amides is 3. The van der Waals surface area contributed by atoms with Gasteiger partial charge in [0.05, 0.1) is 7.11 Å². The van der Waals surface area contributed by atoms with E-state index in [-0.39, 0.29) is 30.3 Å². The van der Waals surface area contributed by atoms with Crippen LogP contribution in [0.15, 0.2) is 30.3 Å². The molecule has 4 unspecified atom stereocenters. The highest BCUT2D eigenvalue weighted by atomic mass is 16.6. The normalized spacial score (nSPS) is 18.9. The van der Waals surface area contributed by atoms with Crippen molar-refractivity contribution in [3.8, 4) is 0 Å². The molecule has 0 radical (unpaired) electrons. The van der Waals surface area contributed by atoms with Gasteiger partial charge in [0.25, 0.3) is 0 Å². The molecule has 34 heavy (non-hydrogen) atoms. The number of nitrogens with one attached hydrogen (secondary N) is 2. The first kappa shape index (κ1) is 27.1. The summed E-state index contributed by atoms with van der Waals surface area (Å²) in [6.45, 7) is 10.6. The van der Waals surface area contributed by atoms with Gasteiger partial charge in [-0.2, -0.15) is 0 Å². The quantitative estimate of drug-likeness (QED) is 0.531. The molecule has 1 saturated carbocycles. The molecule has 0 bridgehead atoms. The molecule has 0 aromatic heterocycles. The summed E-state index contributed by atoms with van der Waals surface area (Å²) in [6.07, 6.45) is 0.0334.